The molecular formula is C14H21N3O4. The Labute approximate surface area is 123 Å². The van der Waals surface area contributed by atoms with Crippen LogP contribution in [0.3, 0.4) is 0 Å². The molecule has 1 aliphatic heterocycles. The predicted molar refractivity (Wildman–Crippen MR) is 76.2 cm³/mol. The van der Waals surface area contributed by atoms with Crippen molar-refractivity contribution in [3.63, 3.8) is 0 Å². The van der Waals surface area contributed by atoms with E-state index in [1.54, 1.807) is 18.7 Å². The second kappa shape index (κ2) is 6.24. The lowest BCUT2D eigenvalue weighted by Crippen LogP contribution is -2.43. The van der Waals surface area contributed by atoms with Crippen LogP contribution in [-0.4, -0.2) is 33.5 Å². The first-order valence-corrected chi connectivity index (χ1v) is 7.42. The Balaban J connectivity index is 2.36. The van der Waals surface area contributed by atoms with Crippen molar-refractivity contribution in [3.05, 3.63) is 21.6 Å². The molecule has 21 heavy (non-hydrogen) atoms. The Morgan fingerprint density at radius 3 is 2.81 bits per heavy atom. The van der Waals surface area contributed by atoms with Gasteiger partial charge in [-0.1, -0.05) is 25.9 Å². The fraction of sp³-hybridized carbons (Fsp3) is 0.714. The van der Waals surface area contributed by atoms with Gasteiger partial charge in [-0.2, -0.15) is 0 Å². The lowest BCUT2D eigenvalue weighted by Gasteiger charge is -2.34. The summed E-state index contributed by atoms with van der Waals surface area (Å²) in [5, 5.41) is 15.0. The lowest BCUT2D eigenvalue weighted by atomic mass is 9.99. The van der Waals surface area contributed by atoms with Gasteiger partial charge in [0.15, 0.2) is 0 Å². The average molecular weight is 295 g/mol. The van der Waals surface area contributed by atoms with Crippen LogP contribution in [0.15, 0.2) is 4.52 Å². The van der Waals surface area contributed by atoms with E-state index in [0.29, 0.717) is 6.54 Å². The smallest absolute Gasteiger partial charge is 0.344 e. The van der Waals surface area contributed by atoms with Crippen molar-refractivity contribution < 1.29 is 14.2 Å². The molecule has 1 atom stereocenters. The van der Waals surface area contributed by atoms with Crippen LogP contribution in [0.5, 0.6) is 0 Å². The van der Waals surface area contributed by atoms with Gasteiger partial charge in [0.1, 0.15) is 0 Å². The number of nitrogens with zero attached hydrogens (tertiary/aromatic N) is 3. The molecule has 1 fully saturated rings. The van der Waals surface area contributed by atoms with Crippen molar-refractivity contribution >= 4 is 11.6 Å². The summed E-state index contributed by atoms with van der Waals surface area (Å²) in [5.41, 5.74) is -0.445. The molecule has 7 nitrogen and oxygen atoms in total. The summed E-state index contributed by atoms with van der Waals surface area (Å²) in [5.74, 6) is -0.417. The second-order valence-electron chi connectivity index (χ2n) is 5.71. The summed E-state index contributed by atoms with van der Waals surface area (Å²) in [6.07, 6.45) is 3.78. The molecule has 1 amide bonds. The maximum Gasteiger partial charge on any atom is 0.344 e. The highest BCUT2D eigenvalue weighted by Gasteiger charge is 2.37. The largest absolute Gasteiger partial charge is 0.353 e. The number of rotatable bonds is 4. The van der Waals surface area contributed by atoms with Crippen molar-refractivity contribution in [2.24, 2.45) is 0 Å². The molecule has 116 valence electrons. The molecular weight excluding hydrogens is 274 g/mol. The van der Waals surface area contributed by atoms with Gasteiger partial charge in [0.2, 0.25) is 11.5 Å². The van der Waals surface area contributed by atoms with E-state index in [4.69, 9.17) is 4.52 Å². The standard InChI is InChI=1S/C14H21N3O4/c1-4-10-7-5-6-8-16(10)14(18)11-12(17(19)20)13(9(2)3)21-15-11/h9-10H,4-8H2,1-3H3/t10-/m1/s1. The Morgan fingerprint density at radius 2 is 2.24 bits per heavy atom. The Bertz CT molecular complexity index is 538. The molecule has 0 spiro atoms. The van der Waals surface area contributed by atoms with Crippen molar-refractivity contribution in [3.8, 4) is 0 Å². The molecule has 2 rings (SSSR count). The fourth-order valence-electron chi connectivity index (χ4n) is 2.82. The summed E-state index contributed by atoms with van der Waals surface area (Å²) in [4.78, 5) is 25.1. The first-order valence-electron chi connectivity index (χ1n) is 7.42. The van der Waals surface area contributed by atoms with Gasteiger partial charge in [0.25, 0.3) is 5.91 Å². The summed E-state index contributed by atoms with van der Waals surface area (Å²) in [6, 6.07) is 0.130. The SMILES string of the molecule is CC[C@@H]1CCCCN1C(=O)c1noc(C(C)C)c1[N+](=O)[O-]. The van der Waals surface area contributed by atoms with Crippen molar-refractivity contribution in [2.75, 3.05) is 6.54 Å². The summed E-state index contributed by atoms with van der Waals surface area (Å²) < 4.78 is 5.06. The molecule has 0 bridgehead atoms. The predicted octanol–water partition coefficient (Wildman–Crippen LogP) is 3.11. The molecule has 1 saturated heterocycles. The molecule has 0 radical (unpaired) electrons. The fourth-order valence-corrected chi connectivity index (χ4v) is 2.82. The van der Waals surface area contributed by atoms with Gasteiger partial charge >= 0.3 is 5.69 Å². The molecule has 2 heterocycles. The van der Waals surface area contributed by atoms with Crippen molar-refractivity contribution in [1.82, 2.24) is 10.1 Å². The maximum absolute atomic E-state index is 12.6. The molecule has 1 aliphatic rings. The monoisotopic (exact) mass is 295 g/mol. The van der Waals surface area contributed by atoms with Crippen LogP contribution in [0.4, 0.5) is 5.69 Å². The third kappa shape index (κ3) is 2.91. The van der Waals surface area contributed by atoms with E-state index in [0.717, 1.165) is 25.7 Å². The minimum atomic E-state index is -0.566. The van der Waals surface area contributed by atoms with Crippen LogP contribution in [0, 0.1) is 10.1 Å². The zero-order valence-electron chi connectivity index (χ0n) is 12.7. The molecule has 0 saturated carbocycles. The molecule has 0 unspecified atom stereocenters. The number of hydrogen-bond acceptors (Lipinski definition) is 5. The summed E-state index contributed by atoms with van der Waals surface area (Å²) in [7, 11) is 0. The Morgan fingerprint density at radius 1 is 1.52 bits per heavy atom. The van der Waals surface area contributed by atoms with Crippen LogP contribution in [0.2, 0.25) is 0 Å². The van der Waals surface area contributed by atoms with E-state index in [-0.39, 0.29) is 35.0 Å². The summed E-state index contributed by atoms with van der Waals surface area (Å²) >= 11 is 0. The van der Waals surface area contributed by atoms with Crippen LogP contribution in [-0.2, 0) is 0 Å². The normalized spacial score (nSPS) is 19.0. The number of carbonyl (C=O) groups is 1. The number of likely N-dealkylation sites (tertiary alicyclic amines) is 1. The number of piperidine rings is 1. The van der Waals surface area contributed by atoms with Gasteiger partial charge in [-0.15, -0.1) is 0 Å². The van der Waals surface area contributed by atoms with E-state index in [1.165, 1.54) is 0 Å². The van der Waals surface area contributed by atoms with Crippen LogP contribution in [0.25, 0.3) is 0 Å². The minimum absolute atomic E-state index is 0.130. The topological polar surface area (TPSA) is 89.5 Å². The third-order valence-corrected chi connectivity index (χ3v) is 3.96. The second-order valence-corrected chi connectivity index (χ2v) is 5.71. The van der Waals surface area contributed by atoms with Gasteiger partial charge in [-0.3, -0.25) is 14.9 Å². The van der Waals surface area contributed by atoms with Crippen molar-refractivity contribution in [2.45, 2.75) is 58.4 Å². The quantitative estimate of drug-likeness (QED) is 0.629. The van der Waals surface area contributed by atoms with Crippen LogP contribution in [0.1, 0.15) is 68.6 Å². The van der Waals surface area contributed by atoms with Crippen LogP contribution < -0.4 is 0 Å². The summed E-state index contributed by atoms with van der Waals surface area (Å²) in [6.45, 7) is 6.19. The van der Waals surface area contributed by atoms with Gasteiger partial charge < -0.3 is 9.42 Å². The number of hydrogen-bond donors (Lipinski definition) is 0. The van der Waals surface area contributed by atoms with E-state index in [2.05, 4.69) is 5.16 Å². The van der Waals surface area contributed by atoms with Gasteiger partial charge in [0.05, 0.1) is 4.92 Å². The molecule has 0 N–H and O–H groups in total. The maximum atomic E-state index is 12.6. The van der Waals surface area contributed by atoms with E-state index in [1.807, 2.05) is 6.92 Å². The first-order chi connectivity index (χ1) is 9.97. The zero-order chi connectivity index (χ0) is 15.6. The number of carbonyl (C=O) groups excluding carboxylic acids is 1. The molecule has 1 aromatic rings. The molecule has 7 heteroatoms. The highest BCUT2D eigenvalue weighted by atomic mass is 16.6. The highest BCUT2D eigenvalue weighted by molar-refractivity contribution is 5.96. The van der Waals surface area contributed by atoms with E-state index < -0.39 is 4.92 Å². The number of nitro groups is 1. The molecule has 1 aromatic heterocycles. The van der Waals surface area contributed by atoms with Gasteiger partial charge in [0, 0.05) is 18.5 Å². The van der Waals surface area contributed by atoms with Crippen molar-refractivity contribution in [1.29, 1.82) is 0 Å². The lowest BCUT2D eigenvalue weighted by molar-refractivity contribution is -0.386. The third-order valence-electron chi connectivity index (χ3n) is 3.96. The Kier molecular flexibility index (Phi) is 4.59. The molecule has 0 aliphatic carbocycles. The van der Waals surface area contributed by atoms with Gasteiger partial charge in [-0.25, -0.2) is 0 Å². The first kappa shape index (κ1) is 15.5. The average Bonchev–Trinajstić information content (AvgIpc) is 2.91. The molecule has 0 aromatic carbocycles. The number of aromatic nitrogens is 1. The van der Waals surface area contributed by atoms with E-state index >= 15 is 0 Å². The highest BCUT2D eigenvalue weighted by Crippen LogP contribution is 2.32. The van der Waals surface area contributed by atoms with E-state index in [9.17, 15) is 14.9 Å². The zero-order valence-corrected chi connectivity index (χ0v) is 12.7. The minimum Gasteiger partial charge on any atom is -0.353 e. The van der Waals surface area contributed by atoms with Crippen LogP contribution >= 0.6 is 0 Å². The Hall–Kier alpha value is -1.92. The van der Waals surface area contributed by atoms with Gasteiger partial charge in [-0.05, 0) is 25.7 Å². The number of amides is 1.